The van der Waals surface area contributed by atoms with Gasteiger partial charge in [-0.1, -0.05) is 31.5 Å². The van der Waals surface area contributed by atoms with Crippen LogP contribution < -0.4 is 4.74 Å². The van der Waals surface area contributed by atoms with Gasteiger partial charge in [-0.25, -0.2) is 22.0 Å². The summed E-state index contributed by atoms with van der Waals surface area (Å²) in [6.45, 7) is 1.78. The molecule has 0 unspecified atom stereocenters. The number of benzene rings is 3. The molecule has 10 heteroatoms. The smallest absolute Gasteiger partial charge is 0.429 e. The van der Waals surface area contributed by atoms with Crippen LogP contribution in [-0.4, -0.2) is 5.16 Å². The first kappa shape index (κ1) is 24.4. The van der Waals surface area contributed by atoms with Crippen molar-refractivity contribution in [1.82, 2.24) is 0 Å². The Morgan fingerprint density at radius 2 is 1.58 bits per heavy atom. The van der Waals surface area contributed by atoms with Gasteiger partial charge in [0.15, 0.2) is 23.3 Å². The van der Waals surface area contributed by atoms with Gasteiger partial charge in [0.25, 0.3) is 0 Å². The van der Waals surface area contributed by atoms with Crippen molar-refractivity contribution in [2.45, 2.75) is 25.9 Å². The maximum Gasteiger partial charge on any atom is 0.429 e. The monoisotopic (exact) mass is 485 g/mol. The molecule has 0 fully saturated rings. The van der Waals surface area contributed by atoms with Crippen molar-refractivity contribution >= 4 is 23.1 Å². The lowest BCUT2D eigenvalue weighted by molar-refractivity contribution is -0.187. The molecular formula is C23H14F7NOS. The predicted molar refractivity (Wildman–Crippen MR) is 111 cm³/mol. The van der Waals surface area contributed by atoms with Crippen LogP contribution in [0.25, 0.3) is 11.1 Å². The van der Waals surface area contributed by atoms with E-state index in [4.69, 9.17) is 0 Å². The van der Waals surface area contributed by atoms with Crippen LogP contribution in [0.1, 0.15) is 24.5 Å². The van der Waals surface area contributed by atoms with Crippen LogP contribution in [0.3, 0.4) is 0 Å². The summed E-state index contributed by atoms with van der Waals surface area (Å²) in [7, 11) is 0. The molecule has 0 spiro atoms. The summed E-state index contributed by atoms with van der Waals surface area (Å²) in [5.41, 5.74) is -2.50. The van der Waals surface area contributed by atoms with E-state index in [1.807, 2.05) is 0 Å². The molecule has 0 aliphatic rings. The van der Waals surface area contributed by atoms with Crippen LogP contribution in [0, 0.1) is 29.1 Å². The molecule has 3 aromatic carbocycles. The fraction of sp³-hybridized carbons (Fsp3) is 0.174. The van der Waals surface area contributed by atoms with Crippen LogP contribution in [0.2, 0.25) is 0 Å². The number of alkyl halides is 2. The molecule has 172 valence electrons. The number of aliphatic imine (C=N–C) groups is 1. The van der Waals surface area contributed by atoms with E-state index in [2.05, 4.69) is 21.9 Å². The molecule has 0 saturated carbocycles. The van der Waals surface area contributed by atoms with Crippen molar-refractivity contribution in [3.8, 4) is 16.9 Å². The average molecular weight is 485 g/mol. The number of aryl methyl sites for hydroxylation is 1. The van der Waals surface area contributed by atoms with Gasteiger partial charge in [0.1, 0.15) is 17.3 Å². The predicted octanol–water partition coefficient (Wildman–Crippen LogP) is 7.86. The van der Waals surface area contributed by atoms with Crippen LogP contribution in [-0.2, 0) is 12.5 Å². The molecule has 0 bridgehead atoms. The van der Waals surface area contributed by atoms with Crippen LogP contribution in [0.15, 0.2) is 47.5 Å². The molecule has 0 aliphatic carbocycles. The van der Waals surface area contributed by atoms with Gasteiger partial charge in [0.2, 0.25) is 0 Å². The molecular weight excluding hydrogens is 471 g/mol. The third kappa shape index (κ3) is 5.07. The van der Waals surface area contributed by atoms with E-state index >= 15 is 0 Å². The van der Waals surface area contributed by atoms with Gasteiger partial charge in [0, 0.05) is 17.7 Å². The van der Waals surface area contributed by atoms with Gasteiger partial charge in [-0.3, -0.25) is 0 Å². The number of nitrogens with zero attached hydrogens (tertiary/aromatic N) is 1. The number of rotatable bonds is 7. The molecule has 0 atom stereocenters. The zero-order valence-corrected chi connectivity index (χ0v) is 17.7. The maximum absolute atomic E-state index is 14.5. The lowest BCUT2D eigenvalue weighted by Gasteiger charge is -2.19. The molecule has 0 radical (unpaired) electrons. The van der Waals surface area contributed by atoms with Gasteiger partial charge in [-0.2, -0.15) is 13.8 Å². The first-order chi connectivity index (χ1) is 15.6. The molecule has 2 nitrogen and oxygen atoms in total. The molecule has 0 amide bonds. The summed E-state index contributed by atoms with van der Waals surface area (Å²) >= 11 is 4.24. The maximum atomic E-state index is 14.5. The van der Waals surface area contributed by atoms with Crippen molar-refractivity contribution in [2.75, 3.05) is 0 Å². The highest BCUT2D eigenvalue weighted by molar-refractivity contribution is 7.78. The van der Waals surface area contributed by atoms with Crippen LogP contribution >= 0.6 is 12.2 Å². The lowest BCUT2D eigenvalue weighted by Crippen LogP contribution is -2.23. The zero-order chi connectivity index (χ0) is 24.3. The van der Waals surface area contributed by atoms with Crippen molar-refractivity contribution < 1.29 is 35.5 Å². The second-order valence-electron chi connectivity index (χ2n) is 6.90. The number of thiocarbonyl (C=S) groups is 1. The topological polar surface area (TPSA) is 21.6 Å². The molecule has 33 heavy (non-hydrogen) atoms. The number of ether oxygens (including phenoxy) is 1. The third-order valence-corrected chi connectivity index (χ3v) is 4.76. The van der Waals surface area contributed by atoms with Crippen molar-refractivity contribution in [2.24, 2.45) is 4.99 Å². The van der Waals surface area contributed by atoms with Crippen LogP contribution in [0.5, 0.6) is 5.75 Å². The normalized spacial score (nSPS) is 11.3. The van der Waals surface area contributed by atoms with Gasteiger partial charge < -0.3 is 4.74 Å². The number of hydrogen-bond donors (Lipinski definition) is 0. The second-order valence-corrected chi connectivity index (χ2v) is 7.08. The van der Waals surface area contributed by atoms with Crippen LogP contribution in [0.4, 0.5) is 36.4 Å². The Bertz CT molecular complexity index is 1230. The van der Waals surface area contributed by atoms with Crippen molar-refractivity contribution in [3.05, 3.63) is 82.7 Å². The first-order valence-corrected chi connectivity index (χ1v) is 9.90. The SMILES string of the molecule is CCCc1ccc(-c2ccc(C(F)(F)Oc3cc(F)c(N=C=S)c(F)c3)c(F)c2)c(F)c1F. The van der Waals surface area contributed by atoms with Gasteiger partial charge >= 0.3 is 6.11 Å². The summed E-state index contributed by atoms with van der Waals surface area (Å²) in [4.78, 5) is 3.14. The Balaban J connectivity index is 1.94. The van der Waals surface area contributed by atoms with E-state index in [1.165, 1.54) is 12.1 Å². The standard InChI is InChI=1S/C23H14F7NOS/c1-2-3-12-4-6-15(21(28)20(12)27)13-5-7-16(17(24)8-13)23(29,30)32-14-9-18(25)22(31-11-33)19(26)10-14/h4-10H,2-3H2,1H3. The largest absolute Gasteiger partial charge is 0.429 e. The Morgan fingerprint density at radius 3 is 2.15 bits per heavy atom. The van der Waals surface area contributed by atoms with Crippen molar-refractivity contribution in [3.63, 3.8) is 0 Å². The quantitative estimate of drug-likeness (QED) is 0.193. The summed E-state index contributed by atoms with van der Waals surface area (Å²) in [5.74, 6) is -7.48. The molecule has 3 rings (SSSR count). The number of isothiocyanates is 1. The van der Waals surface area contributed by atoms with E-state index in [1.54, 1.807) is 12.1 Å². The average Bonchev–Trinajstić information content (AvgIpc) is 2.74. The van der Waals surface area contributed by atoms with E-state index < -0.39 is 52.2 Å². The Morgan fingerprint density at radius 1 is 0.909 bits per heavy atom. The second kappa shape index (κ2) is 9.72. The minimum absolute atomic E-state index is 0.137. The fourth-order valence-electron chi connectivity index (χ4n) is 3.15. The third-order valence-electron chi connectivity index (χ3n) is 4.67. The highest BCUT2D eigenvalue weighted by Crippen LogP contribution is 2.37. The fourth-order valence-corrected chi connectivity index (χ4v) is 3.24. The van der Waals surface area contributed by atoms with E-state index in [9.17, 15) is 30.7 Å². The Kier molecular flexibility index (Phi) is 7.19. The van der Waals surface area contributed by atoms with E-state index in [-0.39, 0.29) is 16.7 Å². The van der Waals surface area contributed by atoms with Gasteiger partial charge in [-0.05, 0) is 41.9 Å². The molecule has 3 aromatic rings. The van der Waals surface area contributed by atoms with Crippen molar-refractivity contribution in [1.29, 1.82) is 0 Å². The zero-order valence-electron chi connectivity index (χ0n) is 16.9. The molecule has 0 heterocycles. The Labute approximate surface area is 189 Å². The summed E-state index contributed by atoms with van der Waals surface area (Å²) in [6, 6.07) is 5.55. The molecule has 0 aromatic heterocycles. The summed E-state index contributed by atoms with van der Waals surface area (Å²) in [5, 5.41) is 1.74. The Hall–Kier alpha value is -3.23. The van der Waals surface area contributed by atoms with Gasteiger partial charge in [0.05, 0.1) is 10.7 Å². The number of halogens is 7. The molecule has 0 saturated heterocycles. The van der Waals surface area contributed by atoms with Gasteiger partial charge in [-0.15, -0.1) is 0 Å². The minimum atomic E-state index is -4.36. The molecule has 0 aliphatic heterocycles. The highest BCUT2D eigenvalue weighted by atomic mass is 32.1. The molecule has 0 N–H and O–H groups in total. The lowest BCUT2D eigenvalue weighted by atomic mass is 9.99. The summed E-state index contributed by atoms with van der Waals surface area (Å²) in [6.07, 6.45) is -3.49. The number of hydrogen-bond acceptors (Lipinski definition) is 3. The highest BCUT2D eigenvalue weighted by Gasteiger charge is 2.38. The van der Waals surface area contributed by atoms with E-state index in [0.29, 0.717) is 37.1 Å². The minimum Gasteiger partial charge on any atom is -0.429 e. The summed E-state index contributed by atoms with van der Waals surface area (Å²) < 4.78 is 104. The van der Waals surface area contributed by atoms with E-state index in [0.717, 1.165) is 6.07 Å². The first-order valence-electron chi connectivity index (χ1n) is 9.50.